The first-order chi connectivity index (χ1) is 13.6. The zero-order chi connectivity index (χ0) is 19.7. The Morgan fingerprint density at radius 2 is 1.64 bits per heavy atom. The minimum atomic E-state index is 0.308. The van der Waals surface area contributed by atoms with Crippen LogP contribution in [0.4, 0.5) is 0 Å². The van der Waals surface area contributed by atoms with Crippen molar-refractivity contribution in [2.45, 2.75) is 32.6 Å². The van der Waals surface area contributed by atoms with Gasteiger partial charge in [-0.15, -0.1) is 0 Å². The molecule has 0 N–H and O–H groups in total. The van der Waals surface area contributed by atoms with Gasteiger partial charge in [0.05, 0.1) is 0 Å². The van der Waals surface area contributed by atoms with Crippen LogP contribution >= 0.6 is 0 Å². The van der Waals surface area contributed by atoms with E-state index in [9.17, 15) is 0 Å². The summed E-state index contributed by atoms with van der Waals surface area (Å²) >= 11 is 0. The smallest absolute Gasteiger partial charge is 0.0201 e. The summed E-state index contributed by atoms with van der Waals surface area (Å²) in [5.41, 5.74) is 10.7. The Morgan fingerprint density at radius 3 is 2.29 bits per heavy atom. The first-order valence-electron chi connectivity index (χ1n) is 10.2. The summed E-state index contributed by atoms with van der Waals surface area (Å²) in [6.07, 6.45) is 6.68. The molecule has 4 rings (SSSR count). The second kappa shape index (κ2) is 7.64. The van der Waals surface area contributed by atoms with E-state index in [0.29, 0.717) is 11.8 Å². The summed E-state index contributed by atoms with van der Waals surface area (Å²) in [7, 11) is 0. The second-order valence-electron chi connectivity index (χ2n) is 7.92. The van der Waals surface area contributed by atoms with Gasteiger partial charge in [0.2, 0.25) is 0 Å². The summed E-state index contributed by atoms with van der Waals surface area (Å²) in [5, 5.41) is 0. The van der Waals surface area contributed by atoms with Crippen molar-refractivity contribution in [3.05, 3.63) is 124 Å². The minimum absolute atomic E-state index is 0.308. The lowest BCUT2D eigenvalue weighted by atomic mass is 9.69. The van der Waals surface area contributed by atoms with Crippen LogP contribution in [0.1, 0.15) is 43.7 Å². The van der Waals surface area contributed by atoms with E-state index in [0.717, 1.165) is 12.8 Å². The van der Waals surface area contributed by atoms with Crippen LogP contribution in [-0.4, -0.2) is 0 Å². The first kappa shape index (κ1) is 18.5. The van der Waals surface area contributed by atoms with Gasteiger partial charge in [-0.05, 0) is 53.2 Å². The molecule has 140 valence electrons. The predicted molar refractivity (Wildman–Crippen MR) is 121 cm³/mol. The molecule has 0 aliphatic heterocycles. The average molecular weight is 365 g/mol. The molecule has 0 radical (unpaired) electrons. The molecule has 0 aromatic heterocycles. The number of hydrogen-bond acceptors (Lipinski definition) is 0. The molecule has 0 nitrogen and oxygen atoms in total. The molecule has 2 aliphatic carbocycles. The van der Waals surface area contributed by atoms with Gasteiger partial charge in [0.15, 0.2) is 0 Å². The Labute approximate surface area is 169 Å². The molecule has 2 atom stereocenters. The van der Waals surface area contributed by atoms with Crippen molar-refractivity contribution in [1.82, 2.24) is 0 Å². The van der Waals surface area contributed by atoms with E-state index in [4.69, 9.17) is 0 Å². The predicted octanol–water partition coefficient (Wildman–Crippen LogP) is 7.65. The van der Waals surface area contributed by atoms with Gasteiger partial charge >= 0.3 is 0 Å². The number of benzene rings is 2. The van der Waals surface area contributed by atoms with Crippen molar-refractivity contribution in [2.24, 2.45) is 5.92 Å². The van der Waals surface area contributed by atoms with Crippen molar-refractivity contribution in [2.75, 3.05) is 0 Å². The van der Waals surface area contributed by atoms with Gasteiger partial charge in [0.1, 0.15) is 0 Å². The van der Waals surface area contributed by atoms with Gasteiger partial charge in [-0.1, -0.05) is 104 Å². The molecule has 2 aromatic rings. The zero-order valence-electron chi connectivity index (χ0n) is 16.9. The van der Waals surface area contributed by atoms with Crippen LogP contribution in [0.15, 0.2) is 113 Å². The third-order valence-corrected chi connectivity index (χ3v) is 6.16. The monoisotopic (exact) mass is 364 g/mol. The summed E-state index contributed by atoms with van der Waals surface area (Å²) < 4.78 is 0. The summed E-state index contributed by atoms with van der Waals surface area (Å²) in [6.45, 7) is 13.4. The van der Waals surface area contributed by atoms with Crippen LogP contribution in [-0.2, 0) is 0 Å². The maximum absolute atomic E-state index is 4.58. The van der Waals surface area contributed by atoms with Crippen LogP contribution in [0.2, 0.25) is 0 Å². The summed E-state index contributed by atoms with van der Waals surface area (Å²) in [6, 6.07) is 21.5. The lowest BCUT2D eigenvalue weighted by Crippen LogP contribution is -2.20. The normalized spacial score (nSPS) is 23.0. The molecule has 1 fully saturated rings. The van der Waals surface area contributed by atoms with E-state index in [1.54, 1.807) is 0 Å². The molecule has 28 heavy (non-hydrogen) atoms. The third kappa shape index (κ3) is 3.24. The second-order valence-corrected chi connectivity index (χ2v) is 7.92. The molecule has 1 saturated carbocycles. The molecule has 2 unspecified atom stereocenters. The van der Waals surface area contributed by atoms with Crippen LogP contribution in [0.3, 0.4) is 0 Å². The fourth-order valence-corrected chi connectivity index (χ4v) is 4.79. The highest BCUT2D eigenvalue weighted by atomic mass is 14.4. The standard InChI is InChI=1S/C28H28/c1-5-19(2)26-20(3)16-25-18-24(17-22-12-8-6-9-13-22)21(4)27(25)28(26)23-14-10-7-11-15-23/h6-17,27-28H,2,4-5,18H2,1,3H3/b24-17-. The van der Waals surface area contributed by atoms with E-state index in [1.807, 2.05) is 0 Å². The maximum Gasteiger partial charge on any atom is 0.0201 e. The molecule has 0 bridgehead atoms. The number of allylic oxidation sites excluding steroid dienone is 7. The summed E-state index contributed by atoms with van der Waals surface area (Å²) in [4.78, 5) is 0. The molecule has 0 saturated heterocycles. The van der Waals surface area contributed by atoms with Crippen LogP contribution < -0.4 is 0 Å². The zero-order valence-corrected chi connectivity index (χ0v) is 16.9. The molecule has 0 heteroatoms. The number of rotatable bonds is 4. The van der Waals surface area contributed by atoms with Crippen LogP contribution in [0, 0.1) is 5.92 Å². The molecule has 0 spiro atoms. The Morgan fingerprint density at radius 1 is 1.00 bits per heavy atom. The van der Waals surface area contributed by atoms with Gasteiger partial charge in [-0.2, -0.15) is 0 Å². The van der Waals surface area contributed by atoms with Crippen molar-refractivity contribution in [3.63, 3.8) is 0 Å². The van der Waals surface area contributed by atoms with E-state index >= 15 is 0 Å². The fourth-order valence-electron chi connectivity index (χ4n) is 4.79. The molecule has 0 heterocycles. The van der Waals surface area contributed by atoms with E-state index in [-0.39, 0.29) is 0 Å². The van der Waals surface area contributed by atoms with Crippen molar-refractivity contribution in [1.29, 1.82) is 0 Å². The lowest BCUT2D eigenvalue weighted by Gasteiger charge is -2.34. The Hall–Kier alpha value is -2.86. The van der Waals surface area contributed by atoms with Gasteiger partial charge in [0.25, 0.3) is 0 Å². The van der Waals surface area contributed by atoms with Gasteiger partial charge in [-0.3, -0.25) is 0 Å². The Kier molecular flexibility index (Phi) is 5.05. The van der Waals surface area contributed by atoms with Crippen molar-refractivity contribution < 1.29 is 0 Å². The maximum atomic E-state index is 4.58. The van der Waals surface area contributed by atoms with Crippen LogP contribution in [0.5, 0.6) is 0 Å². The lowest BCUT2D eigenvalue weighted by molar-refractivity contribution is 0.622. The SMILES string of the molecule is C=C(CC)C1=C(C)C=C2C/C(=C/c3ccccc3)C(=C)C2C1c1ccccc1. The molecule has 0 amide bonds. The third-order valence-electron chi connectivity index (χ3n) is 6.16. The van der Waals surface area contributed by atoms with Crippen molar-refractivity contribution >= 4 is 6.08 Å². The first-order valence-corrected chi connectivity index (χ1v) is 10.2. The largest absolute Gasteiger partial charge is 0.0955 e. The molecule has 2 aliphatic rings. The number of fused-ring (bicyclic) bond motifs is 1. The van der Waals surface area contributed by atoms with Gasteiger partial charge in [0, 0.05) is 11.8 Å². The highest BCUT2D eigenvalue weighted by Gasteiger charge is 2.40. The molecular weight excluding hydrogens is 336 g/mol. The van der Waals surface area contributed by atoms with E-state index in [1.165, 1.54) is 44.6 Å². The van der Waals surface area contributed by atoms with E-state index < -0.39 is 0 Å². The molecule has 2 aromatic carbocycles. The highest BCUT2D eigenvalue weighted by Crippen LogP contribution is 2.54. The average Bonchev–Trinajstić information content (AvgIpc) is 3.02. The molecular formula is C28H28. The van der Waals surface area contributed by atoms with Gasteiger partial charge < -0.3 is 0 Å². The Bertz CT molecular complexity index is 997. The van der Waals surface area contributed by atoms with Gasteiger partial charge in [-0.25, -0.2) is 0 Å². The van der Waals surface area contributed by atoms with E-state index in [2.05, 4.69) is 99.8 Å². The number of hydrogen-bond donors (Lipinski definition) is 0. The quantitative estimate of drug-likeness (QED) is 0.522. The van der Waals surface area contributed by atoms with Crippen LogP contribution in [0.25, 0.3) is 6.08 Å². The highest BCUT2D eigenvalue weighted by molar-refractivity contribution is 5.67. The minimum Gasteiger partial charge on any atom is -0.0955 e. The summed E-state index contributed by atoms with van der Waals surface area (Å²) in [5.74, 6) is 0.641. The topological polar surface area (TPSA) is 0 Å². The Balaban J connectivity index is 1.81. The fraction of sp³-hybridized carbons (Fsp3) is 0.214. The van der Waals surface area contributed by atoms with Crippen molar-refractivity contribution in [3.8, 4) is 0 Å².